The number of aliphatic hydroxyl groups excluding tert-OH is 1. The van der Waals surface area contributed by atoms with E-state index in [1.165, 1.54) is 32.5 Å². The maximum Gasteiger partial charge on any atom is 0.242 e. The minimum atomic E-state index is -0.426. The lowest BCUT2D eigenvalue weighted by Gasteiger charge is -2.12. The van der Waals surface area contributed by atoms with Crippen molar-refractivity contribution < 1.29 is 28.6 Å². The zero-order valence-electron chi connectivity index (χ0n) is 18.6. The number of methoxy groups -OCH3 is 1. The van der Waals surface area contributed by atoms with E-state index < -0.39 is 11.7 Å². The zero-order chi connectivity index (χ0) is 24.7. The van der Waals surface area contributed by atoms with Gasteiger partial charge in [0.25, 0.3) is 0 Å². The number of nitrogens with zero attached hydrogens (tertiary/aromatic N) is 3. The number of rotatable bonds is 10. The maximum absolute atomic E-state index is 14.0. The number of hydrogen-bond acceptors (Lipinski definition) is 8. The molecule has 1 amide bonds. The first-order valence-corrected chi connectivity index (χ1v) is 11.1. The largest absolute Gasteiger partial charge is 0.493 e. The van der Waals surface area contributed by atoms with Crippen LogP contribution < -0.4 is 9.47 Å². The van der Waals surface area contributed by atoms with Gasteiger partial charge < -0.3 is 14.6 Å². The second kappa shape index (κ2) is 11.4. The molecule has 0 fully saturated rings. The van der Waals surface area contributed by atoms with Crippen LogP contribution in [-0.2, 0) is 4.79 Å². The molecule has 0 saturated carbocycles. The molecule has 0 aliphatic rings. The van der Waals surface area contributed by atoms with E-state index in [1.54, 1.807) is 24.3 Å². The topological polar surface area (TPSA) is 112 Å². The molecule has 3 rings (SSSR count). The Hall–Kier alpha value is -3.81. The zero-order valence-corrected chi connectivity index (χ0v) is 19.4. The summed E-state index contributed by atoms with van der Waals surface area (Å²) in [5, 5.41) is 24.0. The fraction of sp³-hybridized carbons (Fsp3) is 0.250. The molecular weight excluding hydrogens is 461 g/mol. The second-order valence-corrected chi connectivity index (χ2v) is 8.12. The Morgan fingerprint density at radius 2 is 2.06 bits per heavy atom. The van der Waals surface area contributed by atoms with Gasteiger partial charge in [0.05, 0.1) is 24.6 Å². The van der Waals surface area contributed by atoms with E-state index in [9.17, 15) is 19.2 Å². The Balaban J connectivity index is 1.66. The van der Waals surface area contributed by atoms with E-state index in [0.29, 0.717) is 37.6 Å². The minimum absolute atomic E-state index is 0.0505. The summed E-state index contributed by atoms with van der Waals surface area (Å²) in [6.07, 6.45) is 1.21. The molecule has 8 nitrogen and oxygen atoms in total. The van der Waals surface area contributed by atoms with Crippen LogP contribution in [0.3, 0.4) is 0 Å². The molecule has 176 valence electrons. The molecular formula is C24H22FN3O5S. The lowest BCUT2D eigenvalue weighted by atomic mass is 10.1. The molecule has 1 aromatic heterocycles. The Bertz CT molecular complexity index is 1280. The predicted octanol–water partition coefficient (Wildman–Crippen LogP) is 3.75. The van der Waals surface area contributed by atoms with Crippen molar-refractivity contribution in [3.05, 3.63) is 58.2 Å². The number of carbonyl (C=O) groups is 2. The third kappa shape index (κ3) is 5.57. The van der Waals surface area contributed by atoms with Crippen molar-refractivity contribution in [1.82, 2.24) is 5.01 Å². The van der Waals surface area contributed by atoms with Crippen molar-refractivity contribution in [3.8, 4) is 17.6 Å². The SMILES string of the molecule is COc1ccc(C(=O)CCC(=O)N(C)/N=C/c2c(C#N)sc3c(F)cccc23)cc1OCCO. The van der Waals surface area contributed by atoms with Crippen LogP contribution in [0.5, 0.6) is 11.5 Å². The molecule has 3 aromatic rings. The molecule has 0 bridgehead atoms. The number of thiophene rings is 1. The molecule has 0 atom stereocenters. The van der Waals surface area contributed by atoms with Gasteiger partial charge in [-0.15, -0.1) is 11.3 Å². The highest BCUT2D eigenvalue weighted by molar-refractivity contribution is 7.20. The molecule has 0 spiro atoms. The Labute approximate surface area is 199 Å². The third-order valence-electron chi connectivity index (χ3n) is 4.93. The molecule has 0 unspecified atom stereocenters. The van der Waals surface area contributed by atoms with Crippen LogP contribution in [0.15, 0.2) is 41.5 Å². The summed E-state index contributed by atoms with van der Waals surface area (Å²) < 4.78 is 24.9. The minimum Gasteiger partial charge on any atom is -0.493 e. The molecule has 1 heterocycles. The number of halogens is 1. The molecule has 0 aliphatic carbocycles. The summed E-state index contributed by atoms with van der Waals surface area (Å²) in [6.45, 7) is -0.135. The average molecular weight is 484 g/mol. The summed E-state index contributed by atoms with van der Waals surface area (Å²) in [5.41, 5.74) is 0.782. The normalized spacial score (nSPS) is 10.9. The van der Waals surface area contributed by atoms with Gasteiger partial charge in [-0.05, 0) is 24.3 Å². The van der Waals surface area contributed by atoms with E-state index in [2.05, 4.69) is 5.10 Å². The monoisotopic (exact) mass is 483 g/mol. The molecule has 10 heteroatoms. The van der Waals surface area contributed by atoms with Crippen molar-refractivity contribution in [2.24, 2.45) is 5.10 Å². The van der Waals surface area contributed by atoms with E-state index >= 15 is 0 Å². The van der Waals surface area contributed by atoms with Gasteiger partial charge in [0.2, 0.25) is 5.91 Å². The number of Topliss-reactive ketones (excluding diaryl/α,β-unsaturated/α-hetero) is 1. The van der Waals surface area contributed by atoms with Gasteiger partial charge in [-0.2, -0.15) is 10.4 Å². The highest BCUT2D eigenvalue weighted by Gasteiger charge is 2.16. The summed E-state index contributed by atoms with van der Waals surface area (Å²) in [7, 11) is 2.91. The lowest BCUT2D eigenvalue weighted by Crippen LogP contribution is -2.22. The first-order valence-electron chi connectivity index (χ1n) is 10.3. The Morgan fingerprint density at radius 1 is 1.26 bits per heavy atom. The van der Waals surface area contributed by atoms with E-state index in [0.717, 1.165) is 16.3 Å². The van der Waals surface area contributed by atoms with Crippen LogP contribution in [-0.4, -0.2) is 55.4 Å². The van der Waals surface area contributed by atoms with Crippen molar-refractivity contribution in [1.29, 1.82) is 5.26 Å². The standard InChI is InChI=1S/C24H22FN3O5S/c1-28(27-14-17-16-4-3-5-18(25)24(16)34-22(17)13-26)23(31)9-7-19(30)15-6-8-20(32-2)21(12-15)33-11-10-29/h3-6,8,12,14,29H,7,9-11H2,1-2H3/b27-14+. The fourth-order valence-corrected chi connectivity index (χ4v) is 4.15. The first-order chi connectivity index (χ1) is 16.4. The number of nitriles is 1. The van der Waals surface area contributed by atoms with Crippen molar-refractivity contribution >= 4 is 39.3 Å². The number of ether oxygens (including phenoxy) is 2. The van der Waals surface area contributed by atoms with Gasteiger partial charge in [0, 0.05) is 36.4 Å². The second-order valence-electron chi connectivity index (χ2n) is 7.10. The van der Waals surface area contributed by atoms with Gasteiger partial charge in [-0.3, -0.25) is 9.59 Å². The molecule has 0 saturated heterocycles. The summed E-state index contributed by atoms with van der Waals surface area (Å²) in [6, 6.07) is 11.2. The van der Waals surface area contributed by atoms with Gasteiger partial charge in [0.1, 0.15) is 23.4 Å². The van der Waals surface area contributed by atoms with Crippen molar-refractivity contribution in [2.75, 3.05) is 27.4 Å². The number of hydrogen-bond donors (Lipinski definition) is 1. The Morgan fingerprint density at radius 3 is 2.76 bits per heavy atom. The Kier molecular flexibility index (Phi) is 8.29. The molecule has 0 aliphatic heterocycles. The van der Waals surface area contributed by atoms with Crippen LogP contribution in [0, 0.1) is 17.1 Å². The van der Waals surface area contributed by atoms with Crippen LogP contribution in [0.2, 0.25) is 0 Å². The van der Waals surface area contributed by atoms with Gasteiger partial charge in [-0.25, -0.2) is 9.40 Å². The van der Waals surface area contributed by atoms with Crippen molar-refractivity contribution in [3.63, 3.8) is 0 Å². The van der Waals surface area contributed by atoms with Gasteiger partial charge in [-0.1, -0.05) is 12.1 Å². The maximum atomic E-state index is 14.0. The predicted molar refractivity (Wildman–Crippen MR) is 126 cm³/mol. The highest BCUT2D eigenvalue weighted by atomic mass is 32.1. The number of aliphatic hydroxyl groups is 1. The fourth-order valence-electron chi connectivity index (χ4n) is 3.17. The highest BCUT2D eigenvalue weighted by Crippen LogP contribution is 2.32. The first kappa shape index (κ1) is 24.8. The number of amides is 1. The number of hydrazone groups is 1. The molecule has 2 aromatic carbocycles. The lowest BCUT2D eigenvalue weighted by molar-refractivity contribution is -0.129. The quantitative estimate of drug-likeness (QED) is 0.267. The smallest absolute Gasteiger partial charge is 0.242 e. The summed E-state index contributed by atoms with van der Waals surface area (Å²) in [5.74, 6) is -0.353. The number of fused-ring (bicyclic) bond motifs is 1. The molecule has 0 radical (unpaired) electrons. The van der Waals surface area contributed by atoms with E-state index in [1.807, 2.05) is 6.07 Å². The third-order valence-corrected chi connectivity index (χ3v) is 6.06. The van der Waals surface area contributed by atoms with E-state index in [-0.39, 0.29) is 31.8 Å². The van der Waals surface area contributed by atoms with Crippen LogP contribution in [0.4, 0.5) is 4.39 Å². The average Bonchev–Trinajstić information content (AvgIpc) is 3.22. The summed E-state index contributed by atoms with van der Waals surface area (Å²) in [4.78, 5) is 25.4. The van der Waals surface area contributed by atoms with Crippen LogP contribution in [0.25, 0.3) is 10.1 Å². The molecule has 34 heavy (non-hydrogen) atoms. The number of benzene rings is 2. The van der Waals surface area contributed by atoms with E-state index in [4.69, 9.17) is 14.6 Å². The summed E-state index contributed by atoms with van der Waals surface area (Å²) >= 11 is 1.02. The van der Waals surface area contributed by atoms with Gasteiger partial charge in [0.15, 0.2) is 17.3 Å². The van der Waals surface area contributed by atoms with Crippen LogP contribution in [0.1, 0.15) is 33.6 Å². The van der Waals surface area contributed by atoms with Crippen molar-refractivity contribution in [2.45, 2.75) is 12.8 Å². The number of ketones is 1. The van der Waals surface area contributed by atoms with Crippen LogP contribution >= 0.6 is 11.3 Å². The van der Waals surface area contributed by atoms with Gasteiger partial charge >= 0.3 is 0 Å². The molecule has 1 N–H and O–H groups in total. The number of carbonyl (C=O) groups excluding carboxylic acids is 2.